The zero-order valence-corrected chi connectivity index (χ0v) is 12.8. The summed E-state index contributed by atoms with van der Waals surface area (Å²) in [7, 11) is 2.23. The number of nitrogen functional groups attached to an aromatic ring is 1. The van der Waals surface area contributed by atoms with Crippen molar-refractivity contribution in [3.8, 4) is 0 Å². The summed E-state index contributed by atoms with van der Waals surface area (Å²) < 4.78 is 0. The molecule has 3 nitrogen and oxygen atoms in total. The number of nitrogens with one attached hydrogen (secondary N) is 1. The predicted octanol–water partition coefficient (Wildman–Crippen LogP) is 2.58. The van der Waals surface area contributed by atoms with Crippen LogP contribution in [0.5, 0.6) is 0 Å². The molecule has 0 amide bonds. The molecule has 0 radical (unpaired) electrons. The highest BCUT2D eigenvalue weighted by molar-refractivity contribution is 5.47. The molecule has 1 aliphatic heterocycles. The molecule has 0 saturated carbocycles. The van der Waals surface area contributed by atoms with Crippen LogP contribution in [0.1, 0.15) is 43.4 Å². The zero-order valence-electron chi connectivity index (χ0n) is 12.8. The number of fused-ring (bicyclic) bond motifs is 1. The maximum absolute atomic E-state index is 5.88. The third-order valence-corrected chi connectivity index (χ3v) is 5.21. The summed E-state index contributed by atoms with van der Waals surface area (Å²) in [5.74, 6) is 0. The molecule has 1 atom stereocenters. The van der Waals surface area contributed by atoms with Gasteiger partial charge in [0.1, 0.15) is 0 Å². The van der Waals surface area contributed by atoms with Gasteiger partial charge in [0.05, 0.1) is 0 Å². The van der Waals surface area contributed by atoms with Crippen LogP contribution < -0.4 is 11.1 Å². The standard InChI is InChI=1S/C17H27N3/c1-17(7-9-20(2)10-8-17)12-19-16-6-3-13-11-14(18)4-5-15(13)16/h4-5,11,16,19H,3,6-10,12,18H2,1-2H3. The fourth-order valence-corrected chi connectivity index (χ4v) is 3.55. The fourth-order valence-electron chi connectivity index (χ4n) is 3.55. The minimum Gasteiger partial charge on any atom is -0.399 e. The maximum atomic E-state index is 5.88. The molecule has 0 spiro atoms. The van der Waals surface area contributed by atoms with E-state index in [9.17, 15) is 0 Å². The van der Waals surface area contributed by atoms with Gasteiger partial charge < -0.3 is 16.0 Å². The Labute approximate surface area is 122 Å². The molecule has 110 valence electrons. The molecular formula is C17H27N3. The van der Waals surface area contributed by atoms with Crippen LogP contribution in [-0.4, -0.2) is 31.6 Å². The van der Waals surface area contributed by atoms with E-state index in [4.69, 9.17) is 5.73 Å². The van der Waals surface area contributed by atoms with E-state index in [0.717, 1.165) is 18.7 Å². The van der Waals surface area contributed by atoms with E-state index in [1.807, 2.05) is 6.07 Å². The molecule has 3 N–H and O–H groups in total. The average molecular weight is 273 g/mol. The van der Waals surface area contributed by atoms with E-state index in [1.54, 1.807) is 0 Å². The molecule has 3 heteroatoms. The third kappa shape index (κ3) is 2.84. The number of nitrogens with zero attached hydrogens (tertiary/aromatic N) is 1. The van der Waals surface area contributed by atoms with Crippen molar-refractivity contribution >= 4 is 5.69 Å². The number of benzene rings is 1. The zero-order chi connectivity index (χ0) is 14.2. The first kappa shape index (κ1) is 13.9. The smallest absolute Gasteiger partial charge is 0.0326 e. The molecule has 0 bridgehead atoms. The normalized spacial score (nSPS) is 25.6. The summed E-state index contributed by atoms with van der Waals surface area (Å²) >= 11 is 0. The molecule has 1 aliphatic carbocycles. The SMILES string of the molecule is CN1CCC(C)(CNC2CCc3cc(N)ccc32)CC1. The summed E-state index contributed by atoms with van der Waals surface area (Å²) in [4.78, 5) is 2.44. The van der Waals surface area contributed by atoms with Crippen molar-refractivity contribution in [3.05, 3.63) is 29.3 Å². The van der Waals surface area contributed by atoms with E-state index in [2.05, 4.69) is 36.3 Å². The van der Waals surface area contributed by atoms with Gasteiger partial charge in [-0.05, 0) is 74.5 Å². The number of anilines is 1. The summed E-state index contributed by atoms with van der Waals surface area (Å²) in [6, 6.07) is 6.93. The molecule has 1 unspecified atom stereocenters. The highest BCUT2D eigenvalue weighted by Gasteiger charge is 2.30. The highest BCUT2D eigenvalue weighted by atomic mass is 15.1. The van der Waals surface area contributed by atoms with Gasteiger partial charge in [-0.15, -0.1) is 0 Å². The van der Waals surface area contributed by atoms with Crippen molar-refractivity contribution in [2.45, 2.75) is 38.6 Å². The van der Waals surface area contributed by atoms with Gasteiger partial charge >= 0.3 is 0 Å². The lowest BCUT2D eigenvalue weighted by Gasteiger charge is -2.38. The van der Waals surface area contributed by atoms with Crippen LogP contribution >= 0.6 is 0 Å². The molecule has 20 heavy (non-hydrogen) atoms. The maximum Gasteiger partial charge on any atom is 0.0326 e. The van der Waals surface area contributed by atoms with Gasteiger partial charge in [-0.2, -0.15) is 0 Å². The number of hydrogen-bond donors (Lipinski definition) is 2. The van der Waals surface area contributed by atoms with E-state index in [1.165, 1.54) is 43.5 Å². The Hall–Kier alpha value is -1.06. The monoisotopic (exact) mass is 273 g/mol. The van der Waals surface area contributed by atoms with Gasteiger partial charge in [0.15, 0.2) is 0 Å². The van der Waals surface area contributed by atoms with Crippen molar-refractivity contribution < 1.29 is 0 Å². The lowest BCUT2D eigenvalue weighted by atomic mass is 9.80. The van der Waals surface area contributed by atoms with Crippen molar-refractivity contribution in [3.63, 3.8) is 0 Å². The molecule has 2 aliphatic rings. The Morgan fingerprint density at radius 2 is 2.10 bits per heavy atom. The molecule has 1 aromatic carbocycles. The quantitative estimate of drug-likeness (QED) is 0.832. The Bertz CT molecular complexity index is 475. The lowest BCUT2D eigenvalue weighted by molar-refractivity contribution is 0.133. The first-order valence-electron chi connectivity index (χ1n) is 7.86. The lowest BCUT2D eigenvalue weighted by Crippen LogP contribution is -2.42. The Kier molecular flexibility index (Phi) is 3.74. The molecule has 1 saturated heterocycles. The van der Waals surface area contributed by atoms with Crippen LogP contribution in [0.25, 0.3) is 0 Å². The summed E-state index contributed by atoms with van der Waals surface area (Å²) in [5, 5.41) is 3.82. The van der Waals surface area contributed by atoms with Crippen LogP contribution in [-0.2, 0) is 6.42 Å². The molecule has 0 aromatic heterocycles. The molecule has 3 rings (SSSR count). The summed E-state index contributed by atoms with van der Waals surface area (Å²) in [5.41, 5.74) is 10.1. The number of nitrogens with two attached hydrogens (primary N) is 1. The second-order valence-electron chi connectivity index (χ2n) is 7.04. The van der Waals surface area contributed by atoms with E-state index >= 15 is 0 Å². The van der Waals surface area contributed by atoms with Crippen LogP contribution in [0.15, 0.2) is 18.2 Å². The first-order chi connectivity index (χ1) is 9.56. The number of piperidine rings is 1. The molecule has 1 heterocycles. The van der Waals surface area contributed by atoms with Gasteiger partial charge in [0, 0.05) is 18.3 Å². The third-order valence-electron chi connectivity index (χ3n) is 5.21. The van der Waals surface area contributed by atoms with Gasteiger partial charge in [-0.25, -0.2) is 0 Å². The van der Waals surface area contributed by atoms with E-state index in [-0.39, 0.29) is 0 Å². The van der Waals surface area contributed by atoms with Crippen molar-refractivity contribution in [2.24, 2.45) is 5.41 Å². The Balaban J connectivity index is 1.60. The van der Waals surface area contributed by atoms with Gasteiger partial charge in [0.2, 0.25) is 0 Å². The van der Waals surface area contributed by atoms with Crippen LogP contribution in [0.2, 0.25) is 0 Å². The fraction of sp³-hybridized carbons (Fsp3) is 0.647. The van der Waals surface area contributed by atoms with Crippen LogP contribution in [0.4, 0.5) is 5.69 Å². The molecular weight excluding hydrogens is 246 g/mol. The van der Waals surface area contributed by atoms with Crippen LogP contribution in [0.3, 0.4) is 0 Å². The van der Waals surface area contributed by atoms with Crippen LogP contribution in [0, 0.1) is 5.41 Å². The molecule has 1 aromatic rings. The second kappa shape index (κ2) is 5.38. The number of aryl methyl sites for hydroxylation is 1. The minimum absolute atomic E-state index is 0.461. The Morgan fingerprint density at radius 3 is 2.85 bits per heavy atom. The summed E-state index contributed by atoms with van der Waals surface area (Å²) in [6.45, 7) is 6.03. The van der Waals surface area contributed by atoms with Crippen molar-refractivity contribution in [1.82, 2.24) is 10.2 Å². The number of hydrogen-bond acceptors (Lipinski definition) is 3. The average Bonchev–Trinajstić information content (AvgIpc) is 2.83. The van der Waals surface area contributed by atoms with E-state index < -0.39 is 0 Å². The second-order valence-corrected chi connectivity index (χ2v) is 7.04. The molecule has 1 fully saturated rings. The first-order valence-corrected chi connectivity index (χ1v) is 7.86. The van der Waals surface area contributed by atoms with Gasteiger partial charge in [0.25, 0.3) is 0 Å². The van der Waals surface area contributed by atoms with Gasteiger partial charge in [-0.1, -0.05) is 13.0 Å². The van der Waals surface area contributed by atoms with Crippen molar-refractivity contribution in [2.75, 3.05) is 32.4 Å². The summed E-state index contributed by atoms with van der Waals surface area (Å²) in [6.07, 6.45) is 4.99. The van der Waals surface area contributed by atoms with E-state index in [0.29, 0.717) is 11.5 Å². The van der Waals surface area contributed by atoms with Gasteiger partial charge in [-0.3, -0.25) is 0 Å². The topological polar surface area (TPSA) is 41.3 Å². The minimum atomic E-state index is 0.461. The number of likely N-dealkylation sites (tertiary alicyclic amines) is 1. The predicted molar refractivity (Wildman–Crippen MR) is 84.8 cm³/mol. The van der Waals surface area contributed by atoms with Crippen molar-refractivity contribution in [1.29, 1.82) is 0 Å². The number of rotatable bonds is 3. The highest BCUT2D eigenvalue weighted by Crippen LogP contribution is 2.35. The largest absolute Gasteiger partial charge is 0.399 e. The Morgan fingerprint density at radius 1 is 1.35 bits per heavy atom.